The Hall–Kier alpha value is -2.58. The van der Waals surface area contributed by atoms with Gasteiger partial charge in [0.25, 0.3) is 0 Å². The van der Waals surface area contributed by atoms with Crippen LogP contribution in [0.1, 0.15) is 17.3 Å². The summed E-state index contributed by atoms with van der Waals surface area (Å²) in [5.74, 6) is 3.65. The number of hydrogen-bond donors (Lipinski definition) is 0. The minimum absolute atomic E-state index is 0.576. The van der Waals surface area contributed by atoms with Gasteiger partial charge in [-0.25, -0.2) is 4.98 Å². The molecule has 0 N–H and O–H groups in total. The van der Waals surface area contributed by atoms with E-state index >= 15 is 0 Å². The first-order chi connectivity index (χ1) is 13.2. The molecule has 138 valence electrons. The first kappa shape index (κ1) is 17.8. The average molecular weight is 399 g/mol. The summed E-state index contributed by atoms with van der Waals surface area (Å²) in [4.78, 5) is 5.50. The summed E-state index contributed by atoms with van der Waals surface area (Å²) in [6.45, 7) is 3.86. The van der Waals surface area contributed by atoms with Crippen LogP contribution in [-0.4, -0.2) is 26.9 Å². The molecule has 0 saturated carbocycles. The molecule has 3 heterocycles. The lowest BCUT2D eigenvalue weighted by Gasteiger charge is -2.12. The third kappa shape index (κ3) is 3.50. The first-order valence-electron chi connectivity index (χ1n) is 8.35. The number of ether oxygens (including phenoxy) is 1. The van der Waals surface area contributed by atoms with Gasteiger partial charge in [0.05, 0.1) is 29.1 Å². The molecule has 0 aliphatic heterocycles. The minimum Gasteiger partial charge on any atom is -0.495 e. The van der Waals surface area contributed by atoms with Crippen LogP contribution in [-0.2, 0) is 5.75 Å². The molecule has 4 rings (SSSR count). The zero-order chi connectivity index (χ0) is 18.8. The van der Waals surface area contributed by atoms with Gasteiger partial charge < -0.3 is 9.15 Å². The van der Waals surface area contributed by atoms with Crippen LogP contribution in [0.15, 0.2) is 51.4 Å². The van der Waals surface area contributed by atoms with E-state index in [4.69, 9.17) is 9.15 Å². The zero-order valence-electron chi connectivity index (χ0n) is 15.2. The molecule has 0 aliphatic rings. The molecule has 0 bridgehead atoms. The molecule has 0 radical (unpaired) electrons. The number of rotatable bonds is 6. The van der Waals surface area contributed by atoms with Gasteiger partial charge in [0.1, 0.15) is 11.5 Å². The predicted molar refractivity (Wildman–Crippen MR) is 107 cm³/mol. The Morgan fingerprint density at radius 1 is 1.15 bits per heavy atom. The number of aromatic nitrogens is 4. The molecule has 0 atom stereocenters. The molecule has 0 unspecified atom stereocenters. The van der Waals surface area contributed by atoms with Gasteiger partial charge in [0, 0.05) is 0 Å². The second-order valence-electron chi connectivity index (χ2n) is 5.83. The summed E-state index contributed by atoms with van der Waals surface area (Å²) in [5.41, 5.74) is 1.81. The Morgan fingerprint density at radius 2 is 2.00 bits per heavy atom. The second-order valence-corrected chi connectivity index (χ2v) is 7.72. The van der Waals surface area contributed by atoms with Gasteiger partial charge in [0.15, 0.2) is 11.0 Å². The Bertz CT molecular complexity index is 1030. The van der Waals surface area contributed by atoms with Crippen molar-refractivity contribution in [2.24, 2.45) is 0 Å². The first-order valence-corrected chi connectivity index (χ1v) is 10.2. The number of oxazole rings is 1. The maximum Gasteiger partial charge on any atom is 0.205 e. The fourth-order valence-corrected chi connectivity index (χ4v) is 4.17. The number of methoxy groups -OCH3 is 1. The Morgan fingerprint density at radius 3 is 2.70 bits per heavy atom. The van der Waals surface area contributed by atoms with Crippen LogP contribution < -0.4 is 4.74 Å². The quantitative estimate of drug-likeness (QED) is 0.430. The lowest BCUT2D eigenvalue weighted by molar-refractivity contribution is 0.412. The highest BCUT2D eigenvalue weighted by atomic mass is 32.2. The van der Waals surface area contributed by atoms with E-state index in [0.29, 0.717) is 11.6 Å². The molecular weight excluding hydrogens is 380 g/mol. The third-order valence-electron chi connectivity index (χ3n) is 4.10. The normalized spacial score (nSPS) is 11.1. The van der Waals surface area contributed by atoms with Crippen LogP contribution in [0.25, 0.3) is 16.4 Å². The van der Waals surface area contributed by atoms with E-state index in [1.165, 1.54) is 11.8 Å². The van der Waals surface area contributed by atoms with Crippen molar-refractivity contribution in [3.8, 4) is 22.1 Å². The minimum atomic E-state index is 0.576. The van der Waals surface area contributed by atoms with Gasteiger partial charge in [-0.15, -0.1) is 21.5 Å². The van der Waals surface area contributed by atoms with E-state index in [1.54, 1.807) is 18.4 Å². The van der Waals surface area contributed by atoms with Gasteiger partial charge in [-0.3, -0.25) is 4.57 Å². The van der Waals surface area contributed by atoms with Crippen molar-refractivity contribution in [3.05, 3.63) is 59.1 Å². The van der Waals surface area contributed by atoms with E-state index in [0.717, 1.165) is 38.7 Å². The number of hydrogen-bond acceptors (Lipinski definition) is 7. The summed E-state index contributed by atoms with van der Waals surface area (Å²) in [5, 5.41) is 11.7. The summed E-state index contributed by atoms with van der Waals surface area (Å²) in [6.07, 6.45) is 0. The van der Waals surface area contributed by atoms with E-state index in [9.17, 15) is 0 Å². The topological polar surface area (TPSA) is 66.0 Å². The molecular formula is C19H18N4O2S2. The summed E-state index contributed by atoms with van der Waals surface area (Å²) < 4.78 is 13.3. The van der Waals surface area contributed by atoms with Crippen LogP contribution >= 0.6 is 23.1 Å². The van der Waals surface area contributed by atoms with E-state index in [1.807, 2.05) is 60.2 Å². The Kier molecular flexibility index (Phi) is 5.00. The number of thioether (sulfide) groups is 1. The molecule has 1 aromatic carbocycles. The maximum absolute atomic E-state index is 5.69. The van der Waals surface area contributed by atoms with E-state index < -0.39 is 0 Å². The van der Waals surface area contributed by atoms with E-state index in [-0.39, 0.29) is 0 Å². The van der Waals surface area contributed by atoms with Gasteiger partial charge in [-0.1, -0.05) is 30.0 Å². The molecule has 8 heteroatoms. The highest BCUT2D eigenvalue weighted by Crippen LogP contribution is 2.34. The van der Waals surface area contributed by atoms with Gasteiger partial charge >= 0.3 is 0 Å². The van der Waals surface area contributed by atoms with Crippen molar-refractivity contribution >= 4 is 23.1 Å². The zero-order valence-corrected chi connectivity index (χ0v) is 16.8. The lowest BCUT2D eigenvalue weighted by atomic mass is 10.3. The van der Waals surface area contributed by atoms with E-state index in [2.05, 4.69) is 15.2 Å². The Labute approximate surface area is 165 Å². The van der Waals surface area contributed by atoms with Crippen LogP contribution in [0.3, 0.4) is 0 Å². The maximum atomic E-state index is 5.69. The summed E-state index contributed by atoms with van der Waals surface area (Å²) >= 11 is 3.16. The lowest BCUT2D eigenvalue weighted by Crippen LogP contribution is -2.01. The molecule has 0 spiro atoms. The number of benzene rings is 1. The monoisotopic (exact) mass is 398 g/mol. The molecule has 27 heavy (non-hydrogen) atoms. The van der Waals surface area contributed by atoms with Crippen molar-refractivity contribution in [2.45, 2.75) is 24.8 Å². The van der Waals surface area contributed by atoms with Crippen molar-refractivity contribution in [1.82, 2.24) is 19.7 Å². The molecule has 4 aromatic rings. The summed E-state index contributed by atoms with van der Waals surface area (Å²) in [7, 11) is 1.67. The Balaban J connectivity index is 1.75. The van der Waals surface area contributed by atoms with Crippen molar-refractivity contribution in [3.63, 3.8) is 0 Å². The largest absolute Gasteiger partial charge is 0.495 e. The SMILES string of the molecule is COc1ccccc1-n1c(SCc2nc(C)c(C)o2)nnc1-c1cccs1. The van der Waals surface area contributed by atoms with Crippen molar-refractivity contribution in [1.29, 1.82) is 0 Å². The van der Waals surface area contributed by atoms with Crippen LogP contribution in [0.5, 0.6) is 5.75 Å². The second kappa shape index (κ2) is 7.58. The molecule has 0 saturated heterocycles. The molecule has 0 fully saturated rings. The number of thiophene rings is 1. The fourth-order valence-electron chi connectivity index (χ4n) is 2.69. The van der Waals surface area contributed by atoms with Crippen LogP contribution in [0.2, 0.25) is 0 Å². The highest BCUT2D eigenvalue weighted by Gasteiger charge is 2.20. The molecule has 0 aliphatic carbocycles. The molecule has 3 aromatic heterocycles. The smallest absolute Gasteiger partial charge is 0.205 e. The average Bonchev–Trinajstić information content (AvgIpc) is 3.40. The molecule has 0 amide bonds. The number of para-hydroxylation sites is 2. The van der Waals surface area contributed by atoms with Crippen LogP contribution in [0.4, 0.5) is 0 Å². The molecule has 6 nitrogen and oxygen atoms in total. The van der Waals surface area contributed by atoms with Crippen LogP contribution in [0, 0.1) is 13.8 Å². The third-order valence-corrected chi connectivity index (χ3v) is 5.88. The predicted octanol–water partition coefficient (Wildman–Crippen LogP) is 4.90. The van der Waals surface area contributed by atoms with Gasteiger partial charge in [-0.2, -0.15) is 0 Å². The summed E-state index contributed by atoms with van der Waals surface area (Å²) in [6, 6.07) is 11.9. The van der Waals surface area contributed by atoms with Crippen molar-refractivity contribution in [2.75, 3.05) is 7.11 Å². The van der Waals surface area contributed by atoms with Gasteiger partial charge in [-0.05, 0) is 37.4 Å². The van der Waals surface area contributed by atoms with Crippen molar-refractivity contribution < 1.29 is 9.15 Å². The number of aryl methyl sites for hydroxylation is 2. The van der Waals surface area contributed by atoms with Gasteiger partial charge in [0.2, 0.25) is 5.89 Å². The number of nitrogens with zero attached hydrogens (tertiary/aromatic N) is 4. The highest BCUT2D eigenvalue weighted by molar-refractivity contribution is 7.98. The standard InChI is InChI=1S/C19H18N4O2S2/c1-12-13(2)25-17(20-12)11-27-19-22-21-18(16-9-6-10-26-16)23(19)14-7-4-5-8-15(14)24-3/h4-10H,11H2,1-3H3. The fraction of sp³-hybridized carbons (Fsp3) is 0.211.